The van der Waals surface area contributed by atoms with Crippen LogP contribution in [-0.2, 0) is 11.3 Å². The van der Waals surface area contributed by atoms with E-state index in [0.29, 0.717) is 12.1 Å². The van der Waals surface area contributed by atoms with Crippen LogP contribution in [-0.4, -0.2) is 26.8 Å². The highest BCUT2D eigenvalue weighted by molar-refractivity contribution is 6.33. The summed E-state index contributed by atoms with van der Waals surface area (Å²) < 4.78 is 6.98. The molecular formula is C12H12ClN3O2. The lowest BCUT2D eigenvalue weighted by atomic mass is 10.3. The SMILES string of the molecule is C[C@H](Cn1cccn1)OC(=O)c1ccncc1Cl. The maximum Gasteiger partial charge on any atom is 0.340 e. The van der Waals surface area contributed by atoms with Crippen molar-refractivity contribution in [1.29, 1.82) is 0 Å². The number of esters is 1. The van der Waals surface area contributed by atoms with Crippen molar-refractivity contribution in [3.05, 3.63) is 47.5 Å². The summed E-state index contributed by atoms with van der Waals surface area (Å²) in [6, 6.07) is 3.35. The molecule has 0 saturated carbocycles. The second kappa shape index (κ2) is 5.64. The number of rotatable bonds is 4. The third kappa shape index (κ3) is 3.07. The Morgan fingerprint density at radius 3 is 3.06 bits per heavy atom. The summed E-state index contributed by atoms with van der Waals surface area (Å²) >= 11 is 5.86. The molecule has 0 aliphatic carbocycles. The van der Waals surface area contributed by atoms with E-state index in [1.165, 1.54) is 18.5 Å². The van der Waals surface area contributed by atoms with Crippen LogP contribution in [0.2, 0.25) is 5.02 Å². The molecule has 1 atom stereocenters. The monoisotopic (exact) mass is 265 g/mol. The Hall–Kier alpha value is -1.88. The number of hydrogen-bond acceptors (Lipinski definition) is 4. The zero-order chi connectivity index (χ0) is 13.0. The van der Waals surface area contributed by atoms with Crippen molar-refractivity contribution in [2.24, 2.45) is 0 Å². The van der Waals surface area contributed by atoms with Gasteiger partial charge in [0.1, 0.15) is 6.10 Å². The van der Waals surface area contributed by atoms with Crippen molar-refractivity contribution >= 4 is 17.6 Å². The van der Waals surface area contributed by atoms with Gasteiger partial charge >= 0.3 is 5.97 Å². The predicted octanol–water partition coefficient (Wildman–Crippen LogP) is 2.18. The first-order chi connectivity index (χ1) is 8.66. The Kier molecular flexibility index (Phi) is 3.94. The third-order valence-corrected chi connectivity index (χ3v) is 2.61. The molecular weight excluding hydrogens is 254 g/mol. The number of carbonyl (C=O) groups is 1. The largest absolute Gasteiger partial charge is 0.457 e. The third-order valence-electron chi connectivity index (χ3n) is 2.30. The summed E-state index contributed by atoms with van der Waals surface area (Å²) in [4.78, 5) is 15.7. The van der Waals surface area contributed by atoms with E-state index >= 15 is 0 Å². The summed E-state index contributed by atoms with van der Waals surface area (Å²) in [5.41, 5.74) is 0.319. The Morgan fingerprint density at radius 2 is 2.39 bits per heavy atom. The molecule has 0 aliphatic heterocycles. The number of nitrogens with zero attached hydrogens (tertiary/aromatic N) is 3. The minimum Gasteiger partial charge on any atom is -0.457 e. The first-order valence-electron chi connectivity index (χ1n) is 5.44. The Balaban J connectivity index is 1.97. The fourth-order valence-electron chi connectivity index (χ4n) is 1.50. The number of halogens is 1. The lowest BCUT2D eigenvalue weighted by Crippen LogP contribution is -2.21. The highest BCUT2D eigenvalue weighted by atomic mass is 35.5. The van der Waals surface area contributed by atoms with E-state index in [1.54, 1.807) is 17.8 Å². The van der Waals surface area contributed by atoms with E-state index in [2.05, 4.69) is 10.1 Å². The maximum atomic E-state index is 11.8. The van der Waals surface area contributed by atoms with E-state index in [-0.39, 0.29) is 11.1 Å². The first-order valence-corrected chi connectivity index (χ1v) is 5.82. The van der Waals surface area contributed by atoms with Crippen LogP contribution in [0.1, 0.15) is 17.3 Å². The number of hydrogen-bond donors (Lipinski definition) is 0. The van der Waals surface area contributed by atoms with Gasteiger partial charge in [0.25, 0.3) is 0 Å². The number of pyridine rings is 1. The van der Waals surface area contributed by atoms with E-state index in [1.807, 2.05) is 12.3 Å². The molecule has 0 aromatic carbocycles. The van der Waals surface area contributed by atoms with Gasteiger partial charge in [-0.05, 0) is 19.1 Å². The minimum atomic E-state index is -0.456. The predicted molar refractivity (Wildman–Crippen MR) is 66.4 cm³/mol. The van der Waals surface area contributed by atoms with Gasteiger partial charge in [-0.3, -0.25) is 9.67 Å². The highest BCUT2D eigenvalue weighted by Gasteiger charge is 2.15. The second-order valence-corrected chi connectivity index (χ2v) is 4.21. The van der Waals surface area contributed by atoms with Gasteiger partial charge in [-0.25, -0.2) is 4.79 Å². The number of ether oxygens (including phenoxy) is 1. The molecule has 0 spiro atoms. The summed E-state index contributed by atoms with van der Waals surface area (Å²) in [6.07, 6.45) is 6.11. The normalized spacial score (nSPS) is 12.1. The van der Waals surface area contributed by atoms with Gasteiger partial charge in [-0.1, -0.05) is 11.6 Å². The van der Waals surface area contributed by atoms with Crippen LogP contribution in [0, 0.1) is 0 Å². The van der Waals surface area contributed by atoms with Crippen molar-refractivity contribution in [3.63, 3.8) is 0 Å². The lowest BCUT2D eigenvalue weighted by Gasteiger charge is -2.13. The van der Waals surface area contributed by atoms with Crippen molar-refractivity contribution in [2.75, 3.05) is 0 Å². The molecule has 2 heterocycles. The molecule has 0 aliphatic rings. The molecule has 0 saturated heterocycles. The van der Waals surface area contributed by atoms with Crippen molar-refractivity contribution < 1.29 is 9.53 Å². The smallest absolute Gasteiger partial charge is 0.340 e. The van der Waals surface area contributed by atoms with Gasteiger partial charge in [-0.15, -0.1) is 0 Å². The van der Waals surface area contributed by atoms with E-state index in [9.17, 15) is 4.79 Å². The van der Waals surface area contributed by atoms with Crippen LogP contribution >= 0.6 is 11.6 Å². The molecule has 0 bridgehead atoms. The second-order valence-electron chi connectivity index (χ2n) is 3.80. The van der Waals surface area contributed by atoms with E-state index < -0.39 is 5.97 Å². The summed E-state index contributed by atoms with van der Waals surface area (Å²) in [5, 5.41) is 4.33. The van der Waals surface area contributed by atoms with Crippen LogP contribution < -0.4 is 0 Å². The molecule has 5 nitrogen and oxygen atoms in total. The van der Waals surface area contributed by atoms with Crippen LogP contribution in [0.3, 0.4) is 0 Å². The van der Waals surface area contributed by atoms with Crippen molar-refractivity contribution in [2.45, 2.75) is 19.6 Å². The van der Waals surface area contributed by atoms with Gasteiger partial charge < -0.3 is 4.74 Å². The molecule has 94 valence electrons. The highest BCUT2D eigenvalue weighted by Crippen LogP contribution is 2.15. The average molecular weight is 266 g/mol. The summed E-state index contributed by atoms with van der Waals surface area (Å²) in [6.45, 7) is 2.30. The van der Waals surface area contributed by atoms with Crippen molar-refractivity contribution in [3.8, 4) is 0 Å². The standard InChI is InChI=1S/C12H12ClN3O2/c1-9(8-16-6-2-4-15-16)18-12(17)10-3-5-14-7-11(10)13/h2-7,9H,8H2,1H3/t9-/m1/s1. The zero-order valence-corrected chi connectivity index (χ0v) is 10.5. The molecule has 0 fully saturated rings. The van der Waals surface area contributed by atoms with Crippen LogP contribution in [0.5, 0.6) is 0 Å². The quantitative estimate of drug-likeness (QED) is 0.795. The summed E-state index contributed by atoms with van der Waals surface area (Å²) in [7, 11) is 0. The maximum absolute atomic E-state index is 11.8. The average Bonchev–Trinajstić information content (AvgIpc) is 2.82. The number of aromatic nitrogens is 3. The summed E-state index contributed by atoms with van der Waals surface area (Å²) in [5.74, 6) is -0.456. The molecule has 0 radical (unpaired) electrons. The Labute approximate surface area is 109 Å². The molecule has 0 unspecified atom stereocenters. The Morgan fingerprint density at radius 1 is 1.56 bits per heavy atom. The van der Waals surface area contributed by atoms with E-state index in [0.717, 1.165) is 0 Å². The molecule has 18 heavy (non-hydrogen) atoms. The van der Waals surface area contributed by atoms with Gasteiger partial charge in [0.05, 0.1) is 17.1 Å². The lowest BCUT2D eigenvalue weighted by molar-refractivity contribution is 0.0299. The zero-order valence-electron chi connectivity index (χ0n) is 9.78. The molecule has 6 heteroatoms. The molecule has 2 aromatic heterocycles. The molecule has 0 N–H and O–H groups in total. The first kappa shape index (κ1) is 12.6. The van der Waals surface area contributed by atoms with Gasteiger partial charge in [-0.2, -0.15) is 5.10 Å². The fourth-order valence-corrected chi connectivity index (χ4v) is 1.69. The van der Waals surface area contributed by atoms with Crippen molar-refractivity contribution in [1.82, 2.24) is 14.8 Å². The minimum absolute atomic E-state index is 0.286. The van der Waals surface area contributed by atoms with Crippen LogP contribution in [0.4, 0.5) is 0 Å². The van der Waals surface area contributed by atoms with Gasteiger partial charge in [0.2, 0.25) is 0 Å². The topological polar surface area (TPSA) is 57.0 Å². The Bertz CT molecular complexity index is 528. The van der Waals surface area contributed by atoms with E-state index in [4.69, 9.17) is 16.3 Å². The van der Waals surface area contributed by atoms with Gasteiger partial charge in [0.15, 0.2) is 0 Å². The van der Waals surface area contributed by atoms with Crippen LogP contribution in [0.15, 0.2) is 36.9 Å². The fraction of sp³-hybridized carbons (Fsp3) is 0.250. The van der Waals surface area contributed by atoms with Crippen LogP contribution in [0.25, 0.3) is 0 Å². The van der Waals surface area contributed by atoms with Gasteiger partial charge in [0, 0.05) is 24.8 Å². The number of carbonyl (C=O) groups excluding carboxylic acids is 1. The molecule has 0 amide bonds. The molecule has 2 aromatic rings. The molecule has 2 rings (SSSR count).